The fourth-order valence-corrected chi connectivity index (χ4v) is 4.06. The maximum absolute atomic E-state index is 4.05. The summed E-state index contributed by atoms with van der Waals surface area (Å²) in [7, 11) is 0.121. The zero-order valence-corrected chi connectivity index (χ0v) is 8.06. The number of allylic oxidation sites excluding steroid dienone is 1. The first kappa shape index (κ1) is 8.01. The minimum absolute atomic E-state index is 0.121. The summed E-state index contributed by atoms with van der Waals surface area (Å²) >= 11 is 0. The summed E-state index contributed by atoms with van der Waals surface area (Å²) in [6.45, 7) is 4.05. The van der Waals surface area contributed by atoms with Crippen LogP contribution < -0.4 is 5.30 Å². The van der Waals surface area contributed by atoms with Gasteiger partial charge in [-0.2, -0.15) is 0 Å². The molecule has 1 aromatic carbocycles. The van der Waals surface area contributed by atoms with Gasteiger partial charge in [0.2, 0.25) is 0 Å². The van der Waals surface area contributed by atoms with E-state index in [1.165, 1.54) is 24.3 Å². The molecule has 0 bridgehead atoms. The Morgan fingerprint density at radius 2 is 1.92 bits per heavy atom. The van der Waals surface area contributed by atoms with Crippen LogP contribution in [0, 0.1) is 0 Å². The van der Waals surface area contributed by atoms with Crippen molar-refractivity contribution in [2.75, 3.05) is 12.3 Å². The van der Waals surface area contributed by atoms with Crippen molar-refractivity contribution >= 4 is 13.2 Å². The van der Waals surface area contributed by atoms with Gasteiger partial charge in [-0.15, -0.1) is 0 Å². The molecule has 62 valence electrons. The van der Waals surface area contributed by atoms with Gasteiger partial charge in [0, 0.05) is 0 Å². The van der Waals surface area contributed by atoms with Gasteiger partial charge in [-0.05, 0) is 24.0 Å². The predicted molar refractivity (Wildman–Crippen MR) is 56.5 cm³/mol. The molecule has 0 N–H and O–H groups in total. The van der Waals surface area contributed by atoms with E-state index in [0.29, 0.717) is 0 Å². The van der Waals surface area contributed by atoms with Gasteiger partial charge in [0.25, 0.3) is 0 Å². The molecule has 1 saturated heterocycles. The van der Waals surface area contributed by atoms with E-state index in [-0.39, 0.29) is 7.92 Å². The molecule has 0 aromatic heterocycles. The Kier molecular flexibility index (Phi) is 2.28. The van der Waals surface area contributed by atoms with Crippen LogP contribution in [0.4, 0.5) is 0 Å². The molecule has 0 nitrogen and oxygen atoms in total. The molecule has 1 unspecified atom stereocenters. The highest BCUT2D eigenvalue weighted by atomic mass is 31.1. The van der Waals surface area contributed by atoms with Crippen molar-refractivity contribution in [1.82, 2.24) is 0 Å². The minimum Gasteiger partial charge on any atom is -0.0995 e. The Labute approximate surface area is 75.1 Å². The van der Waals surface area contributed by atoms with Gasteiger partial charge >= 0.3 is 0 Å². The lowest BCUT2D eigenvalue weighted by Crippen LogP contribution is -1.99. The highest BCUT2D eigenvalue weighted by Gasteiger charge is 2.18. The fraction of sp³-hybridized carbons (Fsp3) is 0.273. The predicted octanol–water partition coefficient (Wildman–Crippen LogP) is 2.75. The van der Waals surface area contributed by atoms with Gasteiger partial charge < -0.3 is 0 Å². The highest BCUT2D eigenvalue weighted by Crippen LogP contribution is 2.43. The topological polar surface area (TPSA) is 0 Å². The van der Waals surface area contributed by atoms with E-state index in [1.807, 2.05) is 0 Å². The van der Waals surface area contributed by atoms with Crippen LogP contribution in [0.2, 0.25) is 0 Å². The lowest BCUT2D eigenvalue weighted by Gasteiger charge is -2.08. The maximum atomic E-state index is 4.05. The Morgan fingerprint density at radius 3 is 2.50 bits per heavy atom. The second-order valence-corrected chi connectivity index (χ2v) is 5.62. The SMILES string of the molecule is C=C1CCP(c2ccccc2)C1. The van der Waals surface area contributed by atoms with Gasteiger partial charge in [-0.1, -0.05) is 50.4 Å². The summed E-state index contributed by atoms with van der Waals surface area (Å²) in [5, 5.41) is 1.55. The third kappa shape index (κ3) is 1.59. The molecule has 0 radical (unpaired) electrons. The Morgan fingerprint density at radius 1 is 1.17 bits per heavy atom. The lowest BCUT2D eigenvalue weighted by atomic mass is 10.3. The summed E-state index contributed by atoms with van der Waals surface area (Å²) in [6, 6.07) is 10.9. The second kappa shape index (κ2) is 3.41. The Hall–Kier alpha value is -0.610. The minimum atomic E-state index is 0.121. The molecule has 0 spiro atoms. The van der Waals surface area contributed by atoms with Gasteiger partial charge in [0.1, 0.15) is 0 Å². The van der Waals surface area contributed by atoms with Crippen molar-refractivity contribution in [2.24, 2.45) is 0 Å². The Balaban J connectivity index is 2.16. The summed E-state index contributed by atoms with van der Waals surface area (Å²) in [5.41, 5.74) is 1.45. The van der Waals surface area contributed by atoms with E-state index in [1.54, 1.807) is 5.30 Å². The van der Waals surface area contributed by atoms with E-state index in [2.05, 4.69) is 36.9 Å². The highest BCUT2D eigenvalue weighted by molar-refractivity contribution is 7.66. The molecule has 1 aliphatic rings. The van der Waals surface area contributed by atoms with Crippen molar-refractivity contribution in [3.05, 3.63) is 42.5 Å². The summed E-state index contributed by atoms with van der Waals surface area (Å²) in [6.07, 6.45) is 3.87. The molecule has 1 aromatic rings. The molecule has 12 heavy (non-hydrogen) atoms. The molecular weight excluding hydrogens is 163 g/mol. The van der Waals surface area contributed by atoms with Gasteiger partial charge in [0.15, 0.2) is 0 Å². The van der Waals surface area contributed by atoms with Crippen molar-refractivity contribution in [3.8, 4) is 0 Å². The van der Waals surface area contributed by atoms with E-state index < -0.39 is 0 Å². The van der Waals surface area contributed by atoms with Gasteiger partial charge in [-0.3, -0.25) is 0 Å². The quantitative estimate of drug-likeness (QED) is 0.456. The number of hydrogen-bond acceptors (Lipinski definition) is 0. The van der Waals surface area contributed by atoms with Crippen LogP contribution in [-0.4, -0.2) is 12.3 Å². The Bertz CT molecular complexity index is 276. The number of hydrogen-bond donors (Lipinski definition) is 0. The van der Waals surface area contributed by atoms with E-state index in [4.69, 9.17) is 0 Å². The smallest absolute Gasteiger partial charge is 0.00766 e. The zero-order valence-electron chi connectivity index (χ0n) is 7.16. The van der Waals surface area contributed by atoms with Crippen molar-refractivity contribution in [3.63, 3.8) is 0 Å². The zero-order chi connectivity index (χ0) is 8.39. The van der Waals surface area contributed by atoms with E-state index >= 15 is 0 Å². The molecule has 1 heterocycles. The van der Waals surface area contributed by atoms with Crippen LogP contribution in [-0.2, 0) is 0 Å². The molecule has 1 fully saturated rings. The van der Waals surface area contributed by atoms with Crippen LogP contribution in [0.1, 0.15) is 6.42 Å². The maximum Gasteiger partial charge on any atom is -0.00766 e. The molecule has 0 aliphatic carbocycles. The summed E-state index contributed by atoms with van der Waals surface area (Å²) in [5.74, 6) is 0. The number of rotatable bonds is 1. The molecule has 1 heteroatoms. The largest absolute Gasteiger partial charge is 0.0995 e. The molecule has 1 atom stereocenters. The average Bonchev–Trinajstić information content (AvgIpc) is 2.54. The molecule has 1 aliphatic heterocycles. The monoisotopic (exact) mass is 176 g/mol. The normalized spacial score (nSPS) is 23.0. The summed E-state index contributed by atoms with van der Waals surface area (Å²) in [4.78, 5) is 0. The van der Waals surface area contributed by atoms with Crippen LogP contribution in [0.15, 0.2) is 42.5 Å². The fourth-order valence-electron chi connectivity index (χ4n) is 1.58. The van der Waals surface area contributed by atoms with Crippen LogP contribution in [0.5, 0.6) is 0 Å². The van der Waals surface area contributed by atoms with Crippen LogP contribution in [0.3, 0.4) is 0 Å². The third-order valence-corrected chi connectivity index (χ3v) is 4.89. The molecular formula is C11H13P. The van der Waals surface area contributed by atoms with Crippen molar-refractivity contribution in [1.29, 1.82) is 0 Å². The third-order valence-electron chi connectivity index (χ3n) is 2.27. The second-order valence-electron chi connectivity index (χ2n) is 3.26. The molecule has 0 saturated carbocycles. The van der Waals surface area contributed by atoms with E-state index in [9.17, 15) is 0 Å². The number of benzene rings is 1. The first-order valence-corrected chi connectivity index (χ1v) is 6.04. The average molecular weight is 176 g/mol. The first-order valence-electron chi connectivity index (χ1n) is 4.33. The van der Waals surface area contributed by atoms with E-state index in [0.717, 1.165) is 0 Å². The van der Waals surface area contributed by atoms with Gasteiger partial charge in [0.05, 0.1) is 0 Å². The van der Waals surface area contributed by atoms with Crippen LogP contribution in [0.25, 0.3) is 0 Å². The molecule has 0 amide bonds. The van der Waals surface area contributed by atoms with Crippen molar-refractivity contribution in [2.45, 2.75) is 6.42 Å². The first-order chi connectivity index (χ1) is 5.86. The van der Waals surface area contributed by atoms with Gasteiger partial charge in [-0.25, -0.2) is 0 Å². The summed E-state index contributed by atoms with van der Waals surface area (Å²) < 4.78 is 0. The lowest BCUT2D eigenvalue weighted by molar-refractivity contribution is 1.18. The van der Waals surface area contributed by atoms with Crippen molar-refractivity contribution < 1.29 is 0 Å². The standard InChI is InChI=1S/C11H13P/c1-10-7-8-12(9-10)11-5-3-2-4-6-11/h2-6H,1,7-9H2. The van der Waals surface area contributed by atoms with Crippen LogP contribution >= 0.6 is 7.92 Å². The molecule has 2 rings (SSSR count).